The summed E-state index contributed by atoms with van der Waals surface area (Å²) in [5.74, 6) is 0. The third-order valence-corrected chi connectivity index (χ3v) is 3.52. The van der Waals surface area contributed by atoms with E-state index in [2.05, 4.69) is 76.2 Å². The van der Waals surface area contributed by atoms with E-state index in [-0.39, 0.29) is 0 Å². The van der Waals surface area contributed by atoms with Crippen LogP contribution in [0.1, 0.15) is 22.3 Å². The predicted molar refractivity (Wildman–Crippen MR) is 98.3 cm³/mol. The van der Waals surface area contributed by atoms with Crippen LogP contribution in [-0.4, -0.2) is 0 Å². The Morgan fingerprint density at radius 2 is 0.500 bits per heavy atom. The Balaban J connectivity index is 0.000000167. The van der Waals surface area contributed by atoms with Crippen molar-refractivity contribution in [3.05, 3.63) is 107 Å². The van der Waals surface area contributed by atoms with Crippen LogP contribution in [0.2, 0.25) is 0 Å². The van der Waals surface area contributed by atoms with Crippen LogP contribution in [0.4, 0.5) is 0 Å². The monoisotopic (exact) mass is 290 g/mol. The number of rotatable bonds is 0. The summed E-state index contributed by atoms with van der Waals surface area (Å²) < 4.78 is 0. The zero-order valence-corrected chi connectivity index (χ0v) is 14.1. The maximum atomic E-state index is 2.12. The zero-order valence-electron chi connectivity index (χ0n) is 14.1. The van der Waals surface area contributed by atoms with Gasteiger partial charge >= 0.3 is 0 Å². The fraction of sp³-hybridized carbons (Fsp3) is 0.182. The molecule has 114 valence electrons. The highest BCUT2D eigenvalue weighted by Gasteiger charge is 1.84. The Morgan fingerprint density at radius 1 is 0.318 bits per heavy atom. The molecule has 0 heteroatoms. The highest BCUT2D eigenvalue weighted by Crippen LogP contribution is 2.03. The van der Waals surface area contributed by atoms with Crippen molar-refractivity contribution < 1.29 is 0 Å². The highest BCUT2D eigenvalue weighted by atomic mass is 13.9. The van der Waals surface area contributed by atoms with E-state index in [1.165, 1.54) is 22.3 Å². The van der Waals surface area contributed by atoms with Gasteiger partial charge in [0.2, 0.25) is 0 Å². The van der Waals surface area contributed by atoms with Crippen molar-refractivity contribution in [2.45, 2.75) is 27.7 Å². The Bertz CT molecular complexity index is 527. The topological polar surface area (TPSA) is 0 Å². The minimum atomic E-state index is 1.37. The molecule has 0 amide bonds. The molecule has 0 radical (unpaired) electrons. The van der Waals surface area contributed by atoms with Gasteiger partial charge in [0.25, 0.3) is 0 Å². The lowest BCUT2D eigenvalue weighted by Crippen LogP contribution is -1.74. The van der Waals surface area contributed by atoms with Gasteiger partial charge in [-0.15, -0.1) is 0 Å². The molecule has 0 aromatic heterocycles. The summed E-state index contributed by atoms with van der Waals surface area (Å²) >= 11 is 0. The van der Waals surface area contributed by atoms with Gasteiger partial charge in [-0.3, -0.25) is 0 Å². The predicted octanol–water partition coefficient (Wildman–Crippen LogP) is 6.29. The zero-order chi connectivity index (χ0) is 16.2. The van der Waals surface area contributed by atoms with Crippen LogP contribution in [-0.2, 0) is 0 Å². The van der Waals surface area contributed by atoms with Crippen molar-refractivity contribution in [1.29, 1.82) is 0 Å². The van der Waals surface area contributed by atoms with Gasteiger partial charge in [-0.05, 0) is 49.9 Å². The van der Waals surface area contributed by atoms with Crippen LogP contribution in [0.15, 0.2) is 84.9 Å². The number of hydrogen-bond donors (Lipinski definition) is 0. The van der Waals surface area contributed by atoms with E-state index < -0.39 is 0 Å². The molecule has 0 aliphatic carbocycles. The Morgan fingerprint density at radius 3 is 0.636 bits per heavy atom. The highest BCUT2D eigenvalue weighted by molar-refractivity contribution is 5.24. The lowest BCUT2D eigenvalue weighted by molar-refractivity contribution is 1.34. The van der Waals surface area contributed by atoms with Crippen molar-refractivity contribution in [2.24, 2.45) is 0 Å². The molecule has 0 nitrogen and oxygen atoms in total. The van der Waals surface area contributed by atoms with Crippen LogP contribution in [0.3, 0.4) is 0 Å². The molecule has 0 fully saturated rings. The molecule has 0 aliphatic heterocycles. The summed E-state index contributed by atoms with van der Waals surface area (Å²) in [7, 11) is 0. The minimum Gasteiger partial charge on any atom is -0.0623 e. The summed E-state index contributed by atoms with van der Waals surface area (Å²) in [4.78, 5) is 0. The fourth-order valence-electron chi connectivity index (χ4n) is 1.71. The maximum Gasteiger partial charge on any atom is -0.0395 e. The molecule has 0 unspecified atom stereocenters. The molecule has 0 spiro atoms. The Labute approximate surface area is 135 Å². The van der Waals surface area contributed by atoms with Gasteiger partial charge in [0.05, 0.1) is 0 Å². The standard InChI is InChI=1S/2C8H10.C6H6/c2*1-7-5-3-4-6-8(7)2;1-2-4-6-5-3-1/h2*3-6H,1-2H3;1-6H. The molecule has 0 bridgehead atoms. The van der Waals surface area contributed by atoms with E-state index >= 15 is 0 Å². The van der Waals surface area contributed by atoms with Gasteiger partial charge in [0.1, 0.15) is 0 Å². The van der Waals surface area contributed by atoms with Crippen molar-refractivity contribution in [3.63, 3.8) is 0 Å². The first-order valence-electron chi connectivity index (χ1n) is 7.65. The van der Waals surface area contributed by atoms with Crippen LogP contribution in [0, 0.1) is 27.7 Å². The summed E-state index contributed by atoms with van der Waals surface area (Å²) in [5, 5.41) is 0. The van der Waals surface area contributed by atoms with Crippen molar-refractivity contribution in [3.8, 4) is 0 Å². The van der Waals surface area contributed by atoms with Crippen LogP contribution >= 0.6 is 0 Å². The van der Waals surface area contributed by atoms with Crippen LogP contribution < -0.4 is 0 Å². The molecule has 0 atom stereocenters. The lowest BCUT2D eigenvalue weighted by Gasteiger charge is -1.93. The summed E-state index contributed by atoms with van der Waals surface area (Å²) in [6.45, 7) is 8.48. The summed E-state index contributed by atoms with van der Waals surface area (Å²) in [6, 6.07) is 28.7. The van der Waals surface area contributed by atoms with E-state index in [9.17, 15) is 0 Å². The smallest absolute Gasteiger partial charge is 0.0395 e. The van der Waals surface area contributed by atoms with E-state index in [1.54, 1.807) is 0 Å². The van der Waals surface area contributed by atoms with E-state index in [1.807, 2.05) is 36.4 Å². The van der Waals surface area contributed by atoms with E-state index in [4.69, 9.17) is 0 Å². The third-order valence-electron chi connectivity index (χ3n) is 3.52. The normalized spacial score (nSPS) is 8.91. The number of aryl methyl sites for hydroxylation is 4. The van der Waals surface area contributed by atoms with E-state index in [0.29, 0.717) is 0 Å². The summed E-state index contributed by atoms with van der Waals surface area (Å²) in [6.07, 6.45) is 0. The molecule has 3 aromatic carbocycles. The quantitative estimate of drug-likeness (QED) is 0.456. The van der Waals surface area contributed by atoms with E-state index in [0.717, 1.165) is 0 Å². The first-order valence-corrected chi connectivity index (χ1v) is 7.65. The Hall–Kier alpha value is -2.34. The molecule has 3 aromatic rings. The van der Waals surface area contributed by atoms with Gasteiger partial charge in [-0.1, -0.05) is 84.9 Å². The van der Waals surface area contributed by atoms with Crippen molar-refractivity contribution >= 4 is 0 Å². The SMILES string of the molecule is Cc1ccccc1C.Cc1ccccc1C.c1ccccc1. The molecule has 0 aliphatic rings. The minimum absolute atomic E-state index is 1.37. The number of hydrogen-bond acceptors (Lipinski definition) is 0. The molecule has 0 heterocycles. The fourth-order valence-corrected chi connectivity index (χ4v) is 1.71. The molecule has 0 saturated carbocycles. The average Bonchev–Trinajstić information content (AvgIpc) is 2.56. The van der Waals surface area contributed by atoms with Gasteiger partial charge < -0.3 is 0 Å². The van der Waals surface area contributed by atoms with Crippen molar-refractivity contribution in [2.75, 3.05) is 0 Å². The largest absolute Gasteiger partial charge is 0.0623 e. The second-order valence-corrected chi connectivity index (χ2v) is 5.32. The van der Waals surface area contributed by atoms with Gasteiger partial charge in [0.15, 0.2) is 0 Å². The second-order valence-electron chi connectivity index (χ2n) is 5.32. The Kier molecular flexibility index (Phi) is 8.37. The van der Waals surface area contributed by atoms with Crippen LogP contribution in [0.5, 0.6) is 0 Å². The summed E-state index contributed by atoms with van der Waals surface area (Å²) in [5.41, 5.74) is 5.47. The molecule has 22 heavy (non-hydrogen) atoms. The van der Waals surface area contributed by atoms with Crippen LogP contribution in [0.25, 0.3) is 0 Å². The van der Waals surface area contributed by atoms with Gasteiger partial charge in [-0.25, -0.2) is 0 Å². The molecule has 0 saturated heterocycles. The first-order chi connectivity index (χ1) is 10.6. The maximum absolute atomic E-state index is 2.12. The molecular weight excluding hydrogens is 264 g/mol. The molecule has 3 rings (SSSR count). The van der Waals surface area contributed by atoms with Crippen molar-refractivity contribution in [1.82, 2.24) is 0 Å². The second kappa shape index (κ2) is 10.4. The lowest BCUT2D eigenvalue weighted by atomic mass is 10.1. The third kappa shape index (κ3) is 7.44. The molecular formula is C22H26. The number of benzene rings is 3. The molecule has 0 N–H and O–H groups in total. The van der Waals surface area contributed by atoms with Gasteiger partial charge in [-0.2, -0.15) is 0 Å². The first kappa shape index (κ1) is 17.7. The van der Waals surface area contributed by atoms with Gasteiger partial charge in [0, 0.05) is 0 Å². The average molecular weight is 290 g/mol.